The largest absolute Gasteiger partial charge is 0.476 e. The van der Waals surface area contributed by atoms with Crippen molar-refractivity contribution in [2.24, 2.45) is 0 Å². The third kappa shape index (κ3) is 2.29. The number of carbonyl (C=O) groups is 1. The lowest BCUT2D eigenvalue weighted by Crippen LogP contribution is -2.07. The normalized spacial score (nSPS) is 11.5. The highest BCUT2D eigenvalue weighted by atomic mass is 19.4. The number of hydrogen-bond donors (Lipinski definition) is 1. The van der Waals surface area contributed by atoms with E-state index in [0.717, 1.165) is 17.1 Å². The average Bonchev–Trinajstić information content (AvgIpc) is 2.78. The Morgan fingerprint density at radius 1 is 1.28 bits per heavy atom. The summed E-state index contributed by atoms with van der Waals surface area (Å²) in [6.07, 6.45) is -1.10. The monoisotopic (exact) mass is 258 g/mol. The van der Waals surface area contributed by atoms with Crippen molar-refractivity contribution in [3.8, 4) is 5.82 Å². The molecule has 0 aliphatic rings. The molecule has 94 valence electrons. The minimum atomic E-state index is -4.52. The van der Waals surface area contributed by atoms with E-state index >= 15 is 0 Å². The molecule has 0 aliphatic carbocycles. The summed E-state index contributed by atoms with van der Waals surface area (Å²) in [5.74, 6) is -1.43. The van der Waals surface area contributed by atoms with Gasteiger partial charge in [-0.1, -0.05) is 0 Å². The Morgan fingerprint density at radius 2 is 2.00 bits per heavy atom. The molecule has 2 aromatic heterocycles. The first-order chi connectivity index (χ1) is 8.38. The van der Waals surface area contributed by atoms with Crippen LogP contribution in [0.4, 0.5) is 13.2 Å². The fraction of sp³-hybridized carbons (Fsp3) is 0.111. The molecule has 0 unspecified atom stereocenters. The molecule has 0 amide bonds. The van der Waals surface area contributed by atoms with Crippen molar-refractivity contribution in [2.75, 3.05) is 0 Å². The lowest BCUT2D eigenvalue weighted by atomic mass is 10.4. The second-order valence-corrected chi connectivity index (χ2v) is 3.24. The Labute approximate surface area is 97.7 Å². The SMILES string of the molecule is O=C(O)c1cncc(-n2cc(C(F)(F)F)cn2)n1. The van der Waals surface area contributed by atoms with E-state index in [-0.39, 0.29) is 11.5 Å². The van der Waals surface area contributed by atoms with Gasteiger partial charge in [-0.05, 0) is 0 Å². The van der Waals surface area contributed by atoms with Gasteiger partial charge in [0.2, 0.25) is 0 Å². The molecule has 0 saturated heterocycles. The highest BCUT2D eigenvalue weighted by Gasteiger charge is 2.32. The van der Waals surface area contributed by atoms with Crippen molar-refractivity contribution in [1.29, 1.82) is 0 Å². The summed E-state index contributed by atoms with van der Waals surface area (Å²) >= 11 is 0. The molecule has 0 radical (unpaired) electrons. The van der Waals surface area contributed by atoms with E-state index in [4.69, 9.17) is 5.11 Å². The van der Waals surface area contributed by atoms with Crippen molar-refractivity contribution >= 4 is 5.97 Å². The maximum atomic E-state index is 12.3. The first-order valence-electron chi connectivity index (χ1n) is 4.55. The van der Waals surface area contributed by atoms with Crippen LogP contribution in [-0.4, -0.2) is 30.8 Å². The smallest absolute Gasteiger partial charge is 0.419 e. The van der Waals surface area contributed by atoms with Gasteiger partial charge in [0.25, 0.3) is 0 Å². The van der Waals surface area contributed by atoms with Gasteiger partial charge in [-0.2, -0.15) is 18.3 Å². The Hall–Kier alpha value is -2.45. The first kappa shape index (κ1) is 12.0. The Kier molecular flexibility index (Phi) is 2.73. The number of alkyl halides is 3. The van der Waals surface area contributed by atoms with Gasteiger partial charge in [0.15, 0.2) is 11.5 Å². The standard InChI is InChI=1S/C9H5F3N4O2/c10-9(11,12)5-1-14-16(4-5)7-3-13-2-6(15-7)8(17)18/h1-4H,(H,17,18). The predicted octanol–water partition coefficient (Wildman–Crippen LogP) is 1.38. The number of aromatic carboxylic acids is 1. The van der Waals surface area contributed by atoms with Crippen LogP contribution in [0.2, 0.25) is 0 Å². The summed E-state index contributed by atoms with van der Waals surface area (Å²) in [5, 5.41) is 12.1. The van der Waals surface area contributed by atoms with Crippen LogP contribution < -0.4 is 0 Å². The van der Waals surface area contributed by atoms with Crippen molar-refractivity contribution < 1.29 is 23.1 Å². The summed E-state index contributed by atoms with van der Waals surface area (Å²) < 4.78 is 37.8. The molecular weight excluding hydrogens is 253 g/mol. The van der Waals surface area contributed by atoms with Crippen molar-refractivity contribution in [3.63, 3.8) is 0 Å². The van der Waals surface area contributed by atoms with Gasteiger partial charge in [-0.15, -0.1) is 0 Å². The number of halogens is 3. The minimum Gasteiger partial charge on any atom is -0.476 e. The lowest BCUT2D eigenvalue weighted by molar-refractivity contribution is -0.137. The van der Waals surface area contributed by atoms with Crippen LogP contribution in [0.15, 0.2) is 24.8 Å². The molecule has 0 saturated carbocycles. The Bertz CT molecular complexity index is 593. The van der Waals surface area contributed by atoms with Gasteiger partial charge in [-0.25, -0.2) is 14.5 Å². The average molecular weight is 258 g/mol. The molecular formula is C9H5F3N4O2. The molecule has 2 rings (SSSR count). The number of hydrogen-bond acceptors (Lipinski definition) is 4. The van der Waals surface area contributed by atoms with E-state index in [1.165, 1.54) is 0 Å². The molecule has 2 aromatic rings. The van der Waals surface area contributed by atoms with E-state index in [2.05, 4.69) is 15.1 Å². The van der Waals surface area contributed by atoms with Crippen LogP contribution in [0.3, 0.4) is 0 Å². The number of carboxylic acid groups (broad SMARTS) is 1. The molecule has 1 N–H and O–H groups in total. The third-order valence-electron chi connectivity index (χ3n) is 1.99. The molecule has 2 heterocycles. The Morgan fingerprint density at radius 3 is 2.56 bits per heavy atom. The molecule has 0 aliphatic heterocycles. The molecule has 9 heteroatoms. The van der Waals surface area contributed by atoms with Gasteiger partial charge in [0.1, 0.15) is 0 Å². The van der Waals surface area contributed by atoms with Gasteiger partial charge < -0.3 is 5.11 Å². The molecule has 0 bridgehead atoms. The van der Waals surface area contributed by atoms with Crippen LogP contribution in [-0.2, 0) is 6.18 Å². The van der Waals surface area contributed by atoms with Crippen molar-refractivity contribution in [1.82, 2.24) is 19.7 Å². The van der Waals surface area contributed by atoms with Crippen LogP contribution in [0.5, 0.6) is 0 Å². The fourth-order valence-corrected chi connectivity index (χ4v) is 1.16. The third-order valence-corrected chi connectivity index (χ3v) is 1.99. The summed E-state index contributed by atoms with van der Waals surface area (Å²) in [6.45, 7) is 0. The summed E-state index contributed by atoms with van der Waals surface area (Å²) in [5.41, 5.74) is -1.33. The van der Waals surface area contributed by atoms with Crippen LogP contribution in [0, 0.1) is 0 Å². The molecule has 6 nitrogen and oxygen atoms in total. The number of rotatable bonds is 2. The topological polar surface area (TPSA) is 80.9 Å². The fourth-order valence-electron chi connectivity index (χ4n) is 1.16. The van der Waals surface area contributed by atoms with E-state index in [1.807, 2.05) is 0 Å². The zero-order valence-electron chi connectivity index (χ0n) is 8.59. The Balaban J connectivity index is 2.40. The highest BCUT2D eigenvalue weighted by molar-refractivity contribution is 5.85. The van der Waals surface area contributed by atoms with Crippen molar-refractivity contribution in [3.05, 3.63) is 36.0 Å². The quantitative estimate of drug-likeness (QED) is 0.880. The number of carboxylic acids is 1. The van der Waals surface area contributed by atoms with E-state index in [1.54, 1.807) is 0 Å². The number of aromatic nitrogens is 4. The molecule has 0 spiro atoms. The number of nitrogens with zero attached hydrogens (tertiary/aromatic N) is 4. The van der Waals surface area contributed by atoms with Gasteiger partial charge in [0, 0.05) is 6.20 Å². The molecule has 18 heavy (non-hydrogen) atoms. The van der Waals surface area contributed by atoms with Gasteiger partial charge in [0.05, 0.1) is 24.2 Å². The second-order valence-electron chi connectivity index (χ2n) is 3.24. The van der Waals surface area contributed by atoms with Gasteiger partial charge >= 0.3 is 12.1 Å². The predicted molar refractivity (Wildman–Crippen MR) is 51.1 cm³/mol. The molecule has 0 aromatic carbocycles. The second kappa shape index (κ2) is 4.09. The maximum Gasteiger partial charge on any atom is 0.419 e. The van der Waals surface area contributed by atoms with E-state index in [9.17, 15) is 18.0 Å². The highest BCUT2D eigenvalue weighted by Crippen LogP contribution is 2.28. The van der Waals surface area contributed by atoms with Crippen LogP contribution >= 0.6 is 0 Å². The van der Waals surface area contributed by atoms with Crippen LogP contribution in [0.1, 0.15) is 16.1 Å². The minimum absolute atomic E-state index is 0.106. The maximum absolute atomic E-state index is 12.3. The zero-order valence-corrected chi connectivity index (χ0v) is 8.59. The van der Waals surface area contributed by atoms with Crippen LogP contribution in [0.25, 0.3) is 5.82 Å². The molecule has 0 fully saturated rings. The lowest BCUT2D eigenvalue weighted by Gasteiger charge is -2.02. The van der Waals surface area contributed by atoms with Gasteiger partial charge in [-0.3, -0.25) is 4.98 Å². The summed E-state index contributed by atoms with van der Waals surface area (Å²) in [7, 11) is 0. The van der Waals surface area contributed by atoms with E-state index in [0.29, 0.717) is 12.4 Å². The summed E-state index contributed by atoms with van der Waals surface area (Å²) in [6, 6.07) is 0. The molecule has 0 atom stereocenters. The summed E-state index contributed by atoms with van der Waals surface area (Å²) in [4.78, 5) is 17.8. The first-order valence-corrected chi connectivity index (χ1v) is 4.55. The van der Waals surface area contributed by atoms with Crippen molar-refractivity contribution in [2.45, 2.75) is 6.18 Å². The van der Waals surface area contributed by atoms with E-state index < -0.39 is 17.7 Å². The zero-order chi connectivity index (χ0) is 13.3.